The second-order valence-corrected chi connectivity index (χ2v) is 6.04. The van der Waals surface area contributed by atoms with Gasteiger partial charge in [-0.1, -0.05) is 51.7 Å². The Morgan fingerprint density at radius 1 is 0.955 bits per heavy atom. The maximum Gasteiger partial charge on any atom is 0.119 e. The lowest BCUT2D eigenvalue weighted by atomic mass is 10.1. The summed E-state index contributed by atoms with van der Waals surface area (Å²) >= 11 is 0. The van der Waals surface area contributed by atoms with E-state index in [1.54, 1.807) is 0 Å². The molecule has 1 aliphatic heterocycles. The first-order chi connectivity index (χ1) is 10.8. The van der Waals surface area contributed by atoms with Crippen molar-refractivity contribution in [2.24, 2.45) is 0 Å². The number of unbranched alkanes of at least 4 members (excludes halogenated alkanes) is 3. The zero-order valence-corrected chi connectivity index (χ0v) is 14.1. The molecule has 1 saturated heterocycles. The monoisotopic (exact) mass is 306 g/mol. The maximum absolute atomic E-state index is 5.99. The Bertz CT molecular complexity index is 394. The third-order valence-corrected chi connectivity index (χ3v) is 4.07. The highest BCUT2D eigenvalue weighted by Crippen LogP contribution is 2.26. The van der Waals surface area contributed by atoms with Crippen LogP contribution in [0.15, 0.2) is 24.3 Å². The standard InChI is InChI=1S/C19H30O3/c1-3-5-6-7-8-18-14-22-19(15-21-18)16-9-11-17(12-10-16)20-13-4-2/h9-12,18-19H,3-8,13-15H2,1-2H3/t18-,19-/m0/s1. The third-order valence-electron chi connectivity index (χ3n) is 4.07. The summed E-state index contributed by atoms with van der Waals surface area (Å²) in [6, 6.07) is 8.21. The van der Waals surface area contributed by atoms with E-state index in [0.717, 1.165) is 25.2 Å². The van der Waals surface area contributed by atoms with Gasteiger partial charge < -0.3 is 14.2 Å². The van der Waals surface area contributed by atoms with Crippen molar-refractivity contribution in [2.75, 3.05) is 19.8 Å². The van der Waals surface area contributed by atoms with Gasteiger partial charge in [0.1, 0.15) is 11.9 Å². The first-order valence-electron chi connectivity index (χ1n) is 8.79. The van der Waals surface area contributed by atoms with E-state index in [0.29, 0.717) is 13.2 Å². The zero-order chi connectivity index (χ0) is 15.6. The molecule has 2 atom stereocenters. The Kier molecular flexibility index (Phi) is 7.75. The fourth-order valence-corrected chi connectivity index (χ4v) is 2.70. The van der Waals surface area contributed by atoms with Crippen molar-refractivity contribution in [1.82, 2.24) is 0 Å². The summed E-state index contributed by atoms with van der Waals surface area (Å²) in [4.78, 5) is 0. The highest BCUT2D eigenvalue weighted by atomic mass is 16.6. The van der Waals surface area contributed by atoms with E-state index >= 15 is 0 Å². The highest BCUT2D eigenvalue weighted by Gasteiger charge is 2.23. The zero-order valence-electron chi connectivity index (χ0n) is 14.1. The van der Waals surface area contributed by atoms with E-state index in [-0.39, 0.29) is 12.2 Å². The minimum absolute atomic E-state index is 0.0621. The molecular formula is C19H30O3. The lowest BCUT2D eigenvalue weighted by Crippen LogP contribution is -2.31. The molecule has 1 fully saturated rings. The molecule has 124 valence electrons. The number of hydrogen-bond acceptors (Lipinski definition) is 3. The van der Waals surface area contributed by atoms with E-state index in [2.05, 4.69) is 26.0 Å². The van der Waals surface area contributed by atoms with Crippen molar-refractivity contribution in [3.63, 3.8) is 0 Å². The van der Waals surface area contributed by atoms with Crippen molar-refractivity contribution in [1.29, 1.82) is 0 Å². The van der Waals surface area contributed by atoms with E-state index in [4.69, 9.17) is 14.2 Å². The van der Waals surface area contributed by atoms with Crippen molar-refractivity contribution in [3.05, 3.63) is 29.8 Å². The van der Waals surface area contributed by atoms with Gasteiger partial charge in [0.05, 0.1) is 25.9 Å². The van der Waals surface area contributed by atoms with Crippen molar-refractivity contribution >= 4 is 0 Å². The van der Waals surface area contributed by atoms with Crippen LogP contribution >= 0.6 is 0 Å². The average Bonchev–Trinajstić information content (AvgIpc) is 2.58. The minimum atomic E-state index is 0.0621. The van der Waals surface area contributed by atoms with Crippen LogP contribution in [-0.2, 0) is 9.47 Å². The quantitative estimate of drug-likeness (QED) is 0.607. The van der Waals surface area contributed by atoms with Crippen LogP contribution in [0.4, 0.5) is 0 Å². The van der Waals surface area contributed by atoms with Gasteiger partial charge in [0.15, 0.2) is 0 Å². The molecule has 0 aromatic heterocycles. The topological polar surface area (TPSA) is 27.7 Å². The van der Waals surface area contributed by atoms with Gasteiger partial charge >= 0.3 is 0 Å². The molecule has 0 aliphatic carbocycles. The summed E-state index contributed by atoms with van der Waals surface area (Å²) in [5, 5.41) is 0. The second-order valence-electron chi connectivity index (χ2n) is 6.04. The molecule has 22 heavy (non-hydrogen) atoms. The molecule has 0 spiro atoms. The molecule has 1 aromatic carbocycles. The molecule has 0 N–H and O–H groups in total. The second kappa shape index (κ2) is 9.86. The smallest absolute Gasteiger partial charge is 0.119 e. The van der Waals surface area contributed by atoms with Gasteiger partial charge in [-0.2, -0.15) is 0 Å². The van der Waals surface area contributed by atoms with E-state index in [1.807, 2.05) is 12.1 Å². The molecule has 3 nitrogen and oxygen atoms in total. The van der Waals surface area contributed by atoms with E-state index < -0.39 is 0 Å². The summed E-state index contributed by atoms with van der Waals surface area (Å²) in [5.41, 5.74) is 1.17. The van der Waals surface area contributed by atoms with Gasteiger partial charge in [-0.15, -0.1) is 0 Å². The lowest BCUT2D eigenvalue weighted by molar-refractivity contribution is -0.137. The van der Waals surface area contributed by atoms with Crippen LogP contribution < -0.4 is 4.74 Å². The van der Waals surface area contributed by atoms with Crippen LogP contribution in [0.3, 0.4) is 0 Å². The number of rotatable bonds is 9. The summed E-state index contributed by atoms with van der Waals surface area (Å²) in [6.45, 7) is 6.49. The van der Waals surface area contributed by atoms with Crippen LogP contribution in [0.1, 0.15) is 64.0 Å². The molecule has 1 heterocycles. The van der Waals surface area contributed by atoms with Crippen LogP contribution in [0.25, 0.3) is 0 Å². The lowest BCUT2D eigenvalue weighted by Gasteiger charge is -2.30. The predicted molar refractivity (Wildman–Crippen MR) is 89.4 cm³/mol. The summed E-state index contributed by atoms with van der Waals surface area (Å²) in [5.74, 6) is 0.927. The van der Waals surface area contributed by atoms with Gasteiger partial charge in [0.25, 0.3) is 0 Å². The van der Waals surface area contributed by atoms with Gasteiger partial charge in [0.2, 0.25) is 0 Å². The Morgan fingerprint density at radius 2 is 1.77 bits per heavy atom. The normalized spacial score (nSPS) is 21.7. The third kappa shape index (κ3) is 5.62. The van der Waals surface area contributed by atoms with Crippen molar-refractivity contribution in [3.8, 4) is 5.75 Å². The Hall–Kier alpha value is -1.06. The SMILES string of the molecule is CCCCCC[C@H]1CO[C@H](c2ccc(OCCC)cc2)CO1. The molecule has 0 radical (unpaired) electrons. The molecular weight excluding hydrogens is 276 g/mol. The average molecular weight is 306 g/mol. The highest BCUT2D eigenvalue weighted by molar-refractivity contribution is 5.28. The van der Waals surface area contributed by atoms with Crippen LogP contribution in [0, 0.1) is 0 Å². The maximum atomic E-state index is 5.99. The largest absolute Gasteiger partial charge is 0.494 e. The number of hydrogen-bond donors (Lipinski definition) is 0. The molecule has 0 saturated carbocycles. The molecule has 0 bridgehead atoms. The summed E-state index contributed by atoms with van der Waals surface area (Å²) in [6.07, 6.45) is 7.64. The van der Waals surface area contributed by atoms with Crippen LogP contribution in [0.5, 0.6) is 5.75 Å². The first-order valence-corrected chi connectivity index (χ1v) is 8.79. The first kappa shape index (κ1) is 17.3. The van der Waals surface area contributed by atoms with Gasteiger partial charge in [-0.3, -0.25) is 0 Å². The predicted octanol–water partition coefficient (Wildman–Crippen LogP) is 4.90. The van der Waals surface area contributed by atoms with Crippen LogP contribution in [0.2, 0.25) is 0 Å². The van der Waals surface area contributed by atoms with Gasteiger partial charge in [0, 0.05) is 0 Å². The Morgan fingerprint density at radius 3 is 2.41 bits per heavy atom. The van der Waals surface area contributed by atoms with E-state index in [1.165, 1.54) is 31.2 Å². The molecule has 0 amide bonds. The van der Waals surface area contributed by atoms with Gasteiger partial charge in [-0.25, -0.2) is 0 Å². The van der Waals surface area contributed by atoms with Gasteiger partial charge in [-0.05, 0) is 30.5 Å². The fourth-order valence-electron chi connectivity index (χ4n) is 2.70. The number of benzene rings is 1. The Balaban J connectivity index is 1.72. The minimum Gasteiger partial charge on any atom is -0.494 e. The summed E-state index contributed by atoms with van der Waals surface area (Å²) in [7, 11) is 0. The number of ether oxygens (including phenoxy) is 3. The summed E-state index contributed by atoms with van der Waals surface area (Å²) < 4.78 is 17.6. The van der Waals surface area contributed by atoms with Crippen molar-refractivity contribution in [2.45, 2.75) is 64.6 Å². The van der Waals surface area contributed by atoms with E-state index in [9.17, 15) is 0 Å². The van der Waals surface area contributed by atoms with Crippen LogP contribution in [-0.4, -0.2) is 25.9 Å². The molecule has 1 aliphatic rings. The molecule has 3 heteroatoms. The molecule has 0 unspecified atom stereocenters. The molecule has 2 rings (SSSR count). The fraction of sp³-hybridized carbons (Fsp3) is 0.684. The van der Waals surface area contributed by atoms with Crippen molar-refractivity contribution < 1.29 is 14.2 Å². The molecule has 1 aromatic rings. The Labute approximate surface area is 135 Å².